The van der Waals surface area contributed by atoms with E-state index in [-0.39, 0.29) is 0 Å². The third-order valence-electron chi connectivity index (χ3n) is 3.51. The fraction of sp³-hybridized carbons (Fsp3) is 0.312. The van der Waals surface area contributed by atoms with Crippen molar-refractivity contribution in [3.05, 3.63) is 53.9 Å². The second kappa shape index (κ2) is 5.92. The van der Waals surface area contributed by atoms with Gasteiger partial charge in [0.1, 0.15) is 5.75 Å². The number of hydrogen-bond acceptors (Lipinski definition) is 4. The van der Waals surface area contributed by atoms with E-state index >= 15 is 0 Å². The van der Waals surface area contributed by atoms with E-state index in [4.69, 9.17) is 10.5 Å². The Kier molecular flexibility index (Phi) is 3.83. The standard InChI is InChI=1S/C16H19N3O/c17-10-13-6-7-14(18-11-13)12-19-8-3-9-20-16-5-2-1-4-15(16)19/h1-2,4-7,11H,3,8-10,12,17H2. The van der Waals surface area contributed by atoms with E-state index in [2.05, 4.69) is 22.0 Å². The summed E-state index contributed by atoms with van der Waals surface area (Å²) in [6, 6.07) is 12.3. The Labute approximate surface area is 119 Å². The normalized spacial score (nSPS) is 14.3. The van der Waals surface area contributed by atoms with Crippen molar-refractivity contribution in [2.45, 2.75) is 19.5 Å². The molecule has 0 saturated heterocycles. The van der Waals surface area contributed by atoms with Gasteiger partial charge < -0.3 is 15.4 Å². The zero-order chi connectivity index (χ0) is 13.8. The molecule has 3 rings (SSSR count). The maximum Gasteiger partial charge on any atom is 0.142 e. The zero-order valence-electron chi connectivity index (χ0n) is 11.5. The second-order valence-corrected chi connectivity index (χ2v) is 4.95. The van der Waals surface area contributed by atoms with E-state index in [1.54, 1.807) is 0 Å². The highest BCUT2D eigenvalue weighted by Gasteiger charge is 2.16. The summed E-state index contributed by atoms with van der Waals surface area (Å²) in [5.74, 6) is 0.962. The second-order valence-electron chi connectivity index (χ2n) is 4.95. The molecule has 0 bridgehead atoms. The summed E-state index contributed by atoms with van der Waals surface area (Å²) in [6.07, 6.45) is 2.88. The van der Waals surface area contributed by atoms with Crippen LogP contribution in [0.5, 0.6) is 5.75 Å². The number of para-hydroxylation sites is 2. The lowest BCUT2D eigenvalue weighted by Crippen LogP contribution is -2.23. The van der Waals surface area contributed by atoms with Crippen molar-refractivity contribution in [1.29, 1.82) is 0 Å². The summed E-state index contributed by atoms with van der Waals surface area (Å²) in [6.45, 7) is 3.09. The highest BCUT2D eigenvalue weighted by Crippen LogP contribution is 2.31. The molecule has 2 aromatic rings. The first-order chi connectivity index (χ1) is 9.86. The number of hydrogen-bond donors (Lipinski definition) is 1. The lowest BCUT2D eigenvalue weighted by atomic mass is 10.2. The van der Waals surface area contributed by atoms with Crippen molar-refractivity contribution in [3.63, 3.8) is 0 Å². The van der Waals surface area contributed by atoms with Crippen molar-refractivity contribution in [2.24, 2.45) is 5.73 Å². The van der Waals surface area contributed by atoms with Gasteiger partial charge in [0.05, 0.1) is 24.5 Å². The van der Waals surface area contributed by atoms with E-state index in [1.165, 1.54) is 0 Å². The number of nitrogens with two attached hydrogens (primary N) is 1. The molecule has 0 aliphatic carbocycles. The van der Waals surface area contributed by atoms with Crippen LogP contribution >= 0.6 is 0 Å². The van der Waals surface area contributed by atoms with Crippen LogP contribution in [0, 0.1) is 0 Å². The van der Waals surface area contributed by atoms with Crippen LogP contribution in [-0.2, 0) is 13.1 Å². The topological polar surface area (TPSA) is 51.4 Å². The molecule has 1 aliphatic rings. The van der Waals surface area contributed by atoms with Crippen LogP contribution in [0.2, 0.25) is 0 Å². The molecule has 4 nitrogen and oxygen atoms in total. The van der Waals surface area contributed by atoms with Gasteiger partial charge in [-0.3, -0.25) is 4.98 Å². The average molecular weight is 269 g/mol. The molecule has 1 aromatic heterocycles. The third-order valence-corrected chi connectivity index (χ3v) is 3.51. The summed E-state index contributed by atoms with van der Waals surface area (Å²) >= 11 is 0. The Morgan fingerprint density at radius 3 is 2.90 bits per heavy atom. The third kappa shape index (κ3) is 2.75. The molecule has 1 aromatic carbocycles. The smallest absolute Gasteiger partial charge is 0.142 e. The Hall–Kier alpha value is -2.07. The van der Waals surface area contributed by atoms with E-state index in [0.29, 0.717) is 6.54 Å². The maximum atomic E-state index is 5.77. The van der Waals surface area contributed by atoms with Crippen molar-refractivity contribution in [3.8, 4) is 5.75 Å². The first-order valence-corrected chi connectivity index (χ1v) is 6.97. The number of benzene rings is 1. The first-order valence-electron chi connectivity index (χ1n) is 6.97. The van der Waals surface area contributed by atoms with Crippen molar-refractivity contribution < 1.29 is 4.74 Å². The fourth-order valence-electron chi connectivity index (χ4n) is 2.43. The molecule has 104 valence electrons. The Bertz CT molecular complexity index is 568. The number of aromatic nitrogens is 1. The molecule has 4 heteroatoms. The van der Waals surface area contributed by atoms with Gasteiger partial charge in [0, 0.05) is 19.3 Å². The average Bonchev–Trinajstić information content (AvgIpc) is 2.71. The molecule has 0 radical (unpaired) electrons. The summed E-state index contributed by atoms with van der Waals surface area (Å²) in [4.78, 5) is 6.81. The van der Waals surface area contributed by atoms with Gasteiger partial charge in [0.25, 0.3) is 0 Å². The highest BCUT2D eigenvalue weighted by molar-refractivity contribution is 5.59. The van der Waals surface area contributed by atoms with Crippen molar-refractivity contribution in [2.75, 3.05) is 18.1 Å². The molecule has 2 N–H and O–H groups in total. The van der Waals surface area contributed by atoms with E-state index in [9.17, 15) is 0 Å². The minimum atomic E-state index is 0.535. The molecule has 0 atom stereocenters. The SMILES string of the molecule is NCc1ccc(CN2CCCOc3ccccc32)nc1. The monoisotopic (exact) mass is 269 g/mol. The molecule has 0 fully saturated rings. The van der Waals surface area contributed by atoms with Crippen LogP contribution in [-0.4, -0.2) is 18.1 Å². The lowest BCUT2D eigenvalue weighted by Gasteiger charge is -2.23. The Morgan fingerprint density at radius 2 is 2.10 bits per heavy atom. The zero-order valence-corrected chi connectivity index (χ0v) is 11.5. The Morgan fingerprint density at radius 1 is 1.20 bits per heavy atom. The van der Waals surface area contributed by atoms with Gasteiger partial charge in [-0.2, -0.15) is 0 Å². The van der Waals surface area contributed by atoms with E-state index in [0.717, 1.165) is 48.8 Å². The van der Waals surface area contributed by atoms with Gasteiger partial charge in [-0.25, -0.2) is 0 Å². The van der Waals surface area contributed by atoms with Crippen LogP contribution in [0.4, 0.5) is 5.69 Å². The Balaban J connectivity index is 1.82. The summed E-state index contributed by atoms with van der Waals surface area (Å²) in [7, 11) is 0. The summed E-state index contributed by atoms with van der Waals surface area (Å²) in [5.41, 5.74) is 8.87. The molecule has 0 unspecified atom stereocenters. The van der Waals surface area contributed by atoms with Crippen LogP contribution in [0.3, 0.4) is 0 Å². The van der Waals surface area contributed by atoms with Gasteiger partial charge in [-0.1, -0.05) is 18.2 Å². The molecular weight excluding hydrogens is 250 g/mol. The number of rotatable bonds is 3. The predicted molar refractivity (Wildman–Crippen MR) is 79.7 cm³/mol. The van der Waals surface area contributed by atoms with Gasteiger partial charge >= 0.3 is 0 Å². The molecule has 0 spiro atoms. The largest absolute Gasteiger partial charge is 0.491 e. The van der Waals surface area contributed by atoms with Crippen LogP contribution < -0.4 is 15.4 Å². The summed E-state index contributed by atoms with van der Waals surface area (Å²) in [5, 5.41) is 0. The molecule has 20 heavy (non-hydrogen) atoms. The molecule has 0 saturated carbocycles. The van der Waals surface area contributed by atoms with Gasteiger partial charge in [0.15, 0.2) is 0 Å². The van der Waals surface area contributed by atoms with Crippen LogP contribution in [0.1, 0.15) is 17.7 Å². The minimum absolute atomic E-state index is 0.535. The molecule has 2 heterocycles. The number of anilines is 1. The highest BCUT2D eigenvalue weighted by atomic mass is 16.5. The fourth-order valence-corrected chi connectivity index (χ4v) is 2.43. The van der Waals surface area contributed by atoms with Gasteiger partial charge in [0.2, 0.25) is 0 Å². The quantitative estimate of drug-likeness (QED) is 0.929. The van der Waals surface area contributed by atoms with Crippen LogP contribution in [0.25, 0.3) is 0 Å². The van der Waals surface area contributed by atoms with Crippen molar-refractivity contribution in [1.82, 2.24) is 4.98 Å². The minimum Gasteiger partial charge on any atom is -0.491 e. The van der Waals surface area contributed by atoms with Gasteiger partial charge in [-0.15, -0.1) is 0 Å². The van der Waals surface area contributed by atoms with E-state index < -0.39 is 0 Å². The molecule has 1 aliphatic heterocycles. The van der Waals surface area contributed by atoms with E-state index in [1.807, 2.05) is 30.5 Å². The van der Waals surface area contributed by atoms with Crippen molar-refractivity contribution >= 4 is 5.69 Å². The molecule has 0 amide bonds. The number of nitrogens with zero attached hydrogens (tertiary/aromatic N) is 2. The number of ether oxygens (including phenoxy) is 1. The number of pyridine rings is 1. The number of fused-ring (bicyclic) bond motifs is 1. The lowest BCUT2D eigenvalue weighted by molar-refractivity contribution is 0.322. The van der Waals surface area contributed by atoms with Gasteiger partial charge in [-0.05, 0) is 30.2 Å². The maximum absolute atomic E-state index is 5.77. The first kappa shape index (κ1) is 12.9. The predicted octanol–water partition coefficient (Wildman–Crippen LogP) is 2.33. The molecular formula is C16H19N3O. The van der Waals surface area contributed by atoms with Crippen LogP contribution in [0.15, 0.2) is 42.6 Å². The summed E-state index contributed by atoms with van der Waals surface area (Å²) < 4.78 is 5.77.